The van der Waals surface area contributed by atoms with Gasteiger partial charge in [0.2, 0.25) is 5.79 Å². The lowest BCUT2D eigenvalue weighted by Gasteiger charge is -2.32. The molecular weight excluding hydrogens is 234 g/mol. The van der Waals surface area contributed by atoms with Gasteiger partial charge in [-0.05, 0) is 0 Å². The van der Waals surface area contributed by atoms with Crippen molar-refractivity contribution in [3.8, 4) is 0 Å². The Hall–Kier alpha value is -1.43. The zero-order chi connectivity index (χ0) is 12.6. The van der Waals surface area contributed by atoms with E-state index in [0.29, 0.717) is 13.1 Å². The molecule has 3 atom stereocenters. The molecule has 2 bridgehead atoms. The quantitative estimate of drug-likeness (QED) is 0.769. The average molecular weight is 249 g/mol. The van der Waals surface area contributed by atoms with Crippen molar-refractivity contribution >= 4 is 5.97 Å². The molecule has 2 heterocycles. The Bertz CT molecular complexity index is 450. The molecule has 0 unspecified atom stereocenters. The smallest absolute Gasteiger partial charge is 0.337 e. The summed E-state index contributed by atoms with van der Waals surface area (Å²) in [5.41, 5.74) is 0.911. The van der Waals surface area contributed by atoms with Gasteiger partial charge < -0.3 is 19.5 Å². The van der Waals surface area contributed by atoms with Gasteiger partial charge in [-0.2, -0.15) is 0 Å². The van der Waals surface area contributed by atoms with E-state index in [1.54, 1.807) is 0 Å². The van der Waals surface area contributed by atoms with Gasteiger partial charge in [0.05, 0.1) is 13.7 Å². The molecule has 1 aromatic carbocycles. The monoisotopic (exact) mass is 249 g/mol. The molecule has 18 heavy (non-hydrogen) atoms. The van der Waals surface area contributed by atoms with Crippen LogP contribution in [0.25, 0.3) is 0 Å². The van der Waals surface area contributed by atoms with Gasteiger partial charge in [0, 0.05) is 12.1 Å². The summed E-state index contributed by atoms with van der Waals surface area (Å²) in [5, 5.41) is 3.24. The van der Waals surface area contributed by atoms with E-state index in [2.05, 4.69) is 5.32 Å². The van der Waals surface area contributed by atoms with Crippen molar-refractivity contribution in [2.45, 2.75) is 18.0 Å². The van der Waals surface area contributed by atoms with E-state index >= 15 is 0 Å². The van der Waals surface area contributed by atoms with E-state index in [-0.39, 0.29) is 12.1 Å². The van der Waals surface area contributed by atoms with Crippen molar-refractivity contribution < 1.29 is 19.0 Å². The number of esters is 1. The van der Waals surface area contributed by atoms with Crippen molar-refractivity contribution in [1.29, 1.82) is 0 Å². The van der Waals surface area contributed by atoms with Crippen LogP contribution in [-0.2, 0) is 24.8 Å². The van der Waals surface area contributed by atoms with Crippen LogP contribution in [-0.4, -0.2) is 38.4 Å². The number of fused-ring (bicyclic) bond motifs is 2. The van der Waals surface area contributed by atoms with Crippen LogP contribution in [0.4, 0.5) is 0 Å². The Morgan fingerprint density at radius 1 is 1.39 bits per heavy atom. The SMILES string of the molecule is COC(=O)[C@@H]1O[C@@]2(c3ccccc3)CNC[C@@H]1O2. The zero-order valence-corrected chi connectivity index (χ0v) is 10.1. The van der Waals surface area contributed by atoms with Gasteiger partial charge in [0.25, 0.3) is 0 Å². The summed E-state index contributed by atoms with van der Waals surface area (Å²) < 4.78 is 16.5. The lowest BCUT2D eigenvalue weighted by Crippen LogP contribution is -2.47. The second-order valence-corrected chi connectivity index (χ2v) is 4.47. The number of hydrogen-bond acceptors (Lipinski definition) is 5. The molecule has 2 saturated heterocycles. The maximum atomic E-state index is 11.7. The summed E-state index contributed by atoms with van der Waals surface area (Å²) in [5.74, 6) is -1.26. The molecule has 3 rings (SSSR count). The van der Waals surface area contributed by atoms with Crippen LogP contribution in [0, 0.1) is 0 Å². The van der Waals surface area contributed by atoms with Crippen LogP contribution in [0.5, 0.6) is 0 Å². The van der Waals surface area contributed by atoms with Crippen LogP contribution >= 0.6 is 0 Å². The fourth-order valence-corrected chi connectivity index (χ4v) is 2.47. The second-order valence-electron chi connectivity index (χ2n) is 4.47. The minimum Gasteiger partial charge on any atom is -0.467 e. The van der Waals surface area contributed by atoms with E-state index < -0.39 is 11.9 Å². The van der Waals surface area contributed by atoms with E-state index in [4.69, 9.17) is 14.2 Å². The number of carbonyl (C=O) groups is 1. The largest absolute Gasteiger partial charge is 0.467 e. The van der Waals surface area contributed by atoms with E-state index in [0.717, 1.165) is 5.56 Å². The molecule has 0 saturated carbocycles. The van der Waals surface area contributed by atoms with Crippen molar-refractivity contribution in [3.63, 3.8) is 0 Å². The highest BCUT2D eigenvalue weighted by molar-refractivity contribution is 5.75. The number of rotatable bonds is 2. The maximum Gasteiger partial charge on any atom is 0.337 e. The van der Waals surface area contributed by atoms with Gasteiger partial charge in [0.15, 0.2) is 6.10 Å². The molecule has 0 amide bonds. The lowest BCUT2D eigenvalue weighted by atomic mass is 10.1. The Balaban J connectivity index is 1.92. The molecular formula is C13H15NO4. The molecule has 5 heteroatoms. The van der Waals surface area contributed by atoms with Crippen molar-refractivity contribution in [2.75, 3.05) is 20.2 Å². The zero-order valence-electron chi connectivity index (χ0n) is 10.1. The van der Waals surface area contributed by atoms with Crippen LogP contribution in [0.15, 0.2) is 30.3 Å². The number of nitrogens with one attached hydrogen (secondary N) is 1. The van der Waals surface area contributed by atoms with Crippen molar-refractivity contribution in [2.24, 2.45) is 0 Å². The predicted octanol–water partition coefficient (Wildman–Crippen LogP) is 0.400. The van der Waals surface area contributed by atoms with Crippen LogP contribution in [0.1, 0.15) is 5.56 Å². The molecule has 2 aliphatic heterocycles. The highest BCUT2D eigenvalue weighted by Gasteiger charge is 2.54. The molecule has 0 aliphatic carbocycles. The second kappa shape index (κ2) is 4.35. The first-order chi connectivity index (χ1) is 8.75. The van der Waals surface area contributed by atoms with Gasteiger partial charge in [0.1, 0.15) is 6.10 Å². The van der Waals surface area contributed by atoms with Gasteiger partial charge in [-0.15, -0.1) is 0 Å². The van der Waals surface area contributed by atoms with E-state index in [1.165, 1.54) is 7.11 Å². The number of methoxy groups -OCH3 is 1. The van der Waals surface area contributed by atoms with Crippen molar-refractivity contribution in [3.05, 3.63) is 35.9 Å². The fourth-order valence-electron chi connectivity index (χ4n) is 2.47. The summed E-state index contributed by atoms with van der Waals surface area (Å²) >= 11 is 0. The predicted molar refractivity (Wildman–Crippen MR) is 62.8 cm³/mol. The topological polar surface area (TPSA) is 56.8 Å². The number of morpholine rings is 1. The minimum atomic E-state index is -0.872. The van der Waals surface area contributed by atoms with Crippen molar-refractivity contribution in [1.82, 2.24) is 5.32 Å². The van der Waals surface area contributed by atoms with Crippen LogP contribution in [0.2, 0.25) is 0 Å². The van der Waals surface area contributed by atoms with E-state index in [1.807, 2.05) is 30.3 Å². The molecule has 1 N–H and O–H groups in total. The van der Waals surface area contributed by atoms with Gasteiger partial charge in [-0.25, -0.2) is 4.79 Å². The number of benzene rings is 1. The maximum absolute atomic E-state index is 11.7. The first-order valence-electron chi connectivity index (χ1n) is 5.95. The van der Waals surface area contributed by atoms with Crippen LogP contribution < -0.4 is 5.32 Å². The Morgan fingerprint density at radius 2 is 2.17 bits per heavy atom. The summed E-state index contributed by atoms with van der Waals surface area (Å²) in [6.45, 7) is 1.12. The molecule has 0 radical (unpaired) electrons. The number of carbonyl (C=O) groups excluding carboxylic acids is 1. The molecule has 96 valence electrons. The normalized spacial score (nSPS) is 34.3. The third kappa shape index (κ3) is 1.71. The lowest BCUT2D eigenvalue weighted by molar-refractivity contribution is -0.196. The Morgan fingerprint density at radius 3 is 2.89 bits per heavy atom. The molecule has 5 nitrogen and oxygen atoms in total. The number of hydrogen-bond donors (Lipinski definition) is 1. The molecule has 2 aliphatic rings. The Kier molecular flexibility index (Phi) is 2.81. The van der Waals surface area contributed by atoms with Gasteiger partial charge in [-0.3, -0.25) is 0 Å². The first kappa shape index (κ1) is 11.6. The molecule has 2 fully saturated rings. The van der Waals surface area contributed by atoms with E-state index in [9.17, 15) is 4.79 Å². The summed E-state index contributed by atoms with van der Waals surface area (Å²) in [6.07, 6.45) is -0.961. The molecule has 0 aromatic heterocycles. The molecule has 1 aromatic rings. The summed E-state index contributed by atoms with van der Waals surface area (Å²) in [6, 6.07) is 9.64. The highest BCUT2D eigenvalue weighted by atomic mass is 16.8. The number of ether oxygens (including phenoxy) is 3. The highest BCUT2D eigenvalue weighted by Crippen LogP contribution is 2.39. The summed E-state index contributed by atoms with van der Waals surface area (Å²) in [4.78, 5) is 11.7. The fraction of sp³-hybridized carbons (Fsp3) is 0.462. The first-order valence-corrected chi connectivity index (χ1v) is 5.95. The third-order valence-corrected chi connectivity index (χ3v) is 3.35. The minimum absolute atomic E-state index is 0.300. The van der Waals surface area contributed by atoms with Gasteiger partial charge >= 0.3 is 5.97 Å². The Labute approximate surface area is 105 Å². The average Bonchev–Trinajstić information content (AvgIpc) is 2.71. The molecule has 0 spiro atoms. The van der Waals surface area contributed by atoms with Gasteiger partial charge in [-0.1, -0.05) is 30.3 Å². The summed E-state index contributed by atoms with van der Waals surface area (Å²) in [7, 11) is 1.36. The van der Waals surface area contributed by atoms with Crippen LogP contribution in [0.3, 0.4) is 0 Å². The standard InChI is InChI=1S/C13H15NO4/c1-16-12(15)11-10-7-14-8-13(17-10,18-11)9-5-3-2-4-6-9/h2-6,10-11,14H,7-8H2,1H3/t10-,11+,13+/m0/s1. The third-order valence-electron chi connectivity index (χ3n) is 3.35.